The standard InChI is InChI=1S/C12H10Br3N3/c1-2-18-7-8(6-17-18)5-16-12-10(14)3-9(13)4-11(12)15/h2-4,6-7,16H,1,5H2. The van der Waals surface area contributed by atoms with Crippen LogP contribution in [0.5, 0.6) is 0 Å². The van der Waals surface area contributed by atoms with E-state index in [1.165, 1.54) is 0 Å². The molecule has 0 aliphatic heterocycles. The fourth-order valence-corrected chi connectivity index (χ4v) is 4.01. The van der Waals surface area contributed by atoms with Crippen LogP contribution in [0.2, 0.25) is 0 Å². The molecule has 0 saturated heterocycles. The van der Waals surface area contributed by atoms with Gasteiger partial charge in [0.05, 0.1) is 11.9 Å². The molecule has 0 saturated carbocycles. The maximum atomic E-state index is 4.13. The average Bonchev–Trinajstić information content (AvgIpc) is 2.75. The summed E-state index contributed by atoms with van der Waals surface area (Å²) >= 11 is 10.5. The van der Waals surface area contributed by atoms with E-state index >= 15 is 0 Å². The Bertz CT molecular complexity index is 555. The predicted molar refractivity (Wildman–Crippen MR) is 85.5 cm³/mol. The minimum Gasteiger partial charge on any atom is -0.379 e. The van der Waals surface area contributed by atoms with Gasteiger partial charge in [0.15, 0.2) is 0 Å². The second-order valence-electron chi connectivity index (χ2n) is 3.61. The monoisotopic (exact) mass is 433 g/mol. The zero-order valence-corrected chi connectivity index (χ0v) is 14.1. The Kier molecular flexibility index (Phi) is 4.64. The van der Waals surface area contributed by atoms with E-state index in [-0.39, 0.29) is 0 Å². The Labute approximate surface area is 131 Å². The molecular formula is C12H10Br3N3. The SMILES string of the molecule is C=Cn1cc(CNc2c(Br)cc(Br)cc2Br)cn1. The molecule has 0 aliphatic rings. The van der Waals surface area contributed by atoms with Crippen molar-refractivity contribution in [2.45, 2.75) is 6.54 Å². The van der Waals surface area contributed by atoms with Gasteiger partial charge in [-0.05, 0) is 44.0 Å². The van der Waals surface area contributed by atoms with Crippen molar-refractivity contribution in [3.05, 3.63) is 50.1 Å². The lowest BCUT2D eigenvalue weighted by Crippen LogP contribution is -2.00. The smallest absolute Gasteiger partial charge is 0.0632 e. The highest BCUT2D eigenvalue weighted by Gasteiger charge is 2.07. The van der Waals surface area contributed by atoms with Gasteiger partial charge >= 0.3 is 0 Å². The molecule has 0 aliphatic carbocycles. The highest BCUT2D eigenvalue weighted by atomic mass is 79.9. The van der Waals surface area contributed by atoms with Gasteiger partial charge in [0.2, 0.25) is 0 Å². The van der Waals surface area contributed by atoms with Crippen molar-refractivity contribution in [1.29, 1.82) is 0 Å². The number of halogens is 3. The summed E-state index contributed by atoms with van der Waals surface area (Å²) in [4.78, 5) is 0. The molecule has 0 amide bonds. The maximum Gasteiger partial charge on any atom is 0.0632 e. The molecule has 1 aromatic heterocycles. The fraction of sp³-hybridized carbons (Fsp3) is 0.0833. The molecule has 0 spiro atoms. The lowest BCUT2D eigenvalue weighted by molar-refractivity contribution is 0.936. The molecule has 2 rings (SSSR count). The van der Waals surface area contributed by atoms with E-state index in [0.29, 0.717) is 6.54 Å². The van der Waals surface area contributed by atoms with Crippen molar-refractivity contribution < 1.29 is 0 Å². The molecule has 0 bridgehead atoms. The summed E-state index contributed by atoms with van der Waals surface area (Å²) in [6.45, 7) is 4.36. The molecule has 1 aromatic carbocycles. The van der Waals surface area contributed by atoms with Crippen LogP contribution in [-0.4, -0.2) is 9.78 Å². The minimum absolute atomic E-state index is 0.701. The summed E-state index contributed by atoms with van der Waals surface area (Å²) in [6.07, 6.45) is 5.41. The quantitative estimate of drug-likeness (QED) is 0.741. The normalized spacial score (nSPS) is 10.4. The molecule has 1 N–H and O–H groups in total. The van der Waals surface area contributed by atoms with Gasteiger partial charge < -0.3 is 5.32 Å². The van der Waals surface area contributed by atoms with Crippen molar-refractivity contribution in [1.82, 2.24) is 9.78 Å². The zero-order chi connectivity index (χ0) is 13.1. The van der Waals surface area contributed by atoms with Gasteiger partial charge in [0.1, 0.15) is 0 Å². The molecule has 0 unspecified atom stereocenters. The second-order valence-corrected chi connectivity index (χ2v) is 6.23. The molecular weight excluding hydrogens is 426 g/mol. The first kappa shape index (κ1) is 13.8. The third-order valence-electron chi connectivity index (χ3n) is 2.32. The van der Waals surface area contributed by atoms with E-state index in [2.05, 4.69) is 64.8 Å². The van der Waals surface area contributed by atoms with E-state index in [4.69, 9.17) is 0 Å². The average molecular weight is 436 g/mol. The number of aromatic nitrogens is 2. The van der Waals surface area contributed by atoms with Crippen LogP contribution >= 0.6 is 47.8 Å². The van der Waals surface area contributed by atoms with Crippen molar-refractivity contribution in [2.24, 2.45) is 0 Å². The maximum absolute atomic E-state index is 4.13. The molecule has 18 heavy (non-hydrogen) atoms. The molecule has 0 fully saturated rings. The Balaban J connectivity index is 2.12. The topological polar surface area (TPSA) is 29.9 Å². The number of rotatable bonds is 4. The van der Waals surface area contributed by atoms with Gasteiger partial charge in [0, 0.05) is 37.9 Å². The number of anilines is 1. The first-order valence-corrected chi connectivity index (χ1v) is 7.52. The number of hydrogen-bond donors (Lipinski definition) is 1. The summed E-state index contributed by atoms with van der Waals surface area (Å²) < 4.78 is 4.70. The Morgan fingerprint density at radius 2 is 1.94 bits per heavy atom. The van der Waals surface area contributed by atoms with Crippen LogP contribution < -0.4 is 5.32 Å². The van der Waals surface area contributed by atoms with E-state index < -0.39 is 0 Å². The van der Waals surface area contributed by atoms with Gasteiger partial charge in [-0.2, -0.15) is 5.10 Å². The highest BCUT2D eigenvalue weighted by Crippen LogP contribution is 2.34. The van der Waals surface area contributed by atoms with Crippen molar-refractivity contribution in [3.8, 4) is 0 Å². The van der Waals surface area contributed by atoms with Crippen LogP contribution in [-0.2, 0) is 6.54 Å². The molecule has 1 heterocycles. The van der Waals surface area contributed by atoms with Gasteiger partial charge in [0.25, 0.3) is 0 Å². The molecule has 94 valence electrons. The van der Waals surface area contributed by atoms with E-state index in [1.54, 1.807) is 10.9 Å². The summed E-state index contributed by atoms with van der Waals surface area (Å²) in [6, 6.07) is 4.00. The molecule has 2 aromatic rings. The highest BCUT2D eigenvalue weighted by molar-refractivity contribution is 9.11. The zero-order valence-electron chi connectivity index (χ0n) is 9.33. The van der Waals surface area contributed by atoms with Crippen molar-refractivity contribution >= 4 is 59.7 Å². The fourth-order valence-electron chi connectivity index (χ4n) is 1.47. The number of nitrogens with zero attached hydrogens (tertiary/aromatic N) is 2. The third kappa shape index (κ3) is 3.24. The Morgan fingerprint density at radius 3 is 2.50 bits per heavy atom. The van der Waals surface area contributed by atoms with Crippen molar-refractivity contribution in [3.63, 3.8) is 0 Å². The Morgan fingerprint density at radius 1 is 1.28 bits per heavy atom. The largest absolute Gasteiger partial charge is 0.379 e. The predicted octanol–water partition coefficient (Wildman–Crippen LogP) is 4.88. The lowest BCUT2D eigenvalue weighted by atomic mass is 10.3. The van der Waals surface area contributed by atoms with Crippen LogP contribution in [0.25, 0.3) is 6.20 Å². The van der Waals surface area contributed by atoms with E-state index in [9.17, 15) is 0 Å². The number of benzene rings is 1. The van der Waals surface area contributed by atoms with Crippen LogP contribution in [0.3, 0.4) is 0 Å². The van der Waals surface area contributed by atoms with Crippen molar-refractivity contribution in [2.75, 3.05) is 5.32 Å². The van der Waals surface area contributed by atoms with Crippen LogP contribution in [0.15, 0.2) is 44.5 Å². The number of nitrogens with one attached hydrogen (secondary N) is 1. The second kappa shape index (κ2) is 6.04. The molecule has 0 atom stereocenters. The van der Waals surface area contributed by atoms with Crippen LogP contribution in [0.4, 0.5) is 5.69 Å². The third-order valence-corrected chi connectivity index (χ3v) is 4.03. The van der Waals surface area contributed by atoms with Gasteiger partial charge in [-0.3, -0.25) is 0 Å². The number of hydrogen-bond acceptors (Lipinski definition) is 2. The first-order chi connectivity index (χ1) is 8.60. The summed E-state index contributed by atoms with van der Waals surface area (Å²) in [5.74, 6) is 0. The summed E-state index contributed by atoms with van der Waals surface area (Å²) in [5, 5.41) is 7.49. The summed E-state index contributed by atoms with van der Waals surface area (Å²) in [7, 11) is 0. The minimum atomic E-state index is 0.701. The van der Waals surface area contributed by atoms with Crippen LogP contribution in [0.1, 0.15) is 5.56 Å². The molecule has 3 nitrogen and oxygen atoms in total. The van der Waals surface area contributed by atoms with Gasteiger partial charge in [-0.25, -0.2) is 4.68 Å². The Hall–Kier alpha value is -0.590. The van der Waals surface area contributed by atoms with Gasteiger partial charge in [-0.15, -0.1) is 0 Å². The van der Waals surface area contributed by atoms with E-state index in [0.717, 1.165) is 24.7 Å². The first-order valence-electron chi connectivity index (χ1n) is 5.14. The van der Waals surface area contributed by atoms with Crippen LogP contribution in [0, 0.1) is 0 Å². The molecule has 0 radical (unpaired) electrons. The lowest BCUT2D eigenvalue weighted by Gasteiger charge is -2.10. The van der Waals surface area contributed by atoms with Gasteiger partial charge in [-0.1, -0.05) is 22.5 Å². The summed E-state index contributed by atoms with van der Waals surface area (Å²) in [5.41, 5.74) is 2.11. The molecule has 6 heteroatoms. The van der Waals surface area contributed by atoms with E-state index in [1.807, 2.05) is 24.5 Å².